The maximum Gasteiger partial charge on any atom is 0.134 e. The molecule has 0 saturated carbocycles. The second-order valence-corrected chi connectivity index (χ2v) is 4.61. The second kappa shape index (κ2) is 6.48. The minimum atomic E-state index is -0.237. The Kier molecular flexibility index (Phi) is 4.68. The highest BCUT2D eigenvalue weighted by atomic mass is 35.5. The summed E-state index contributed by atoms with van der Waals surface area (Å²) in [6, 6.07) is 8.03. The van der Waals surface area contributed by atoms with Gasteiger partial charge in [-0.25, -0.2) is 14.4 Å². The summed E-state index contributed by atoms with van der Waals surface area (Å²) in [5.74, 6) is 1.18. The number of aryl methyl sites for hydroxylation is 1. The fraction of sp³-hybridized carbons (Fsp3) is 0.286. The van der Waals surface area contributed by atoms with Gasteiger partial charge in [-0.05, 0) is 24.1 Å². The van der Waals surface area contributed by atoms with Crippen molar-refractivity contribution in [3.8, 4) is 0 Å². The van der Waals surface area contributed by atoms with Crippen LogP contribution in [-0.4, -0.2) is 9.97 Å². The van der Waals surface area contributed by atoms with E-state index in [1.54, 1.807) is 18.2 Å². The molecule has 1 aromatic carbocycles. The highest BCUT2D eigenvalue weighted by molar-refractivity contribution is 6.29. The average Bonchev–Trinajstić information content (AvgIpc) is 2.38. The average molecular weight is 280 g/mol. The number of anilines is 1. The van der Waals surface area contributed by atoms with E-state index >= 15 is 0 Å². The zero-order valence-electron chi connectivity index (χ0n) is 10.7. The van der Waals surface area contributed by atoms with Crippen LogP contribution in [-0.2, 0) is 13.0 Å². The first kappa shape index (κ1) is 13.7. The molecule has 0 unspecified atom stereocenters. The largest absolute Gasteiger partial charge is 0.366 e. The lowest BCUT2D eigenvalue weighted by atomic mass is 10.2. The number of nitrogens with one attached hydrogen (secondary N) is 1. The SMILES string of the molecule is CCCc1nc(Cl)cc(NCc2ccc(F)cc2)n1. The van der Waals surface area contributed by atoms with Crippen LogP contribution in [0.5, 0.6) is 0 Å². The van der Waals surface area contributed by atoms with Crippen molar-refractivity contribution in [1.82, 2.24) is 9.97 Å². The number of halogens is 2. The fourth-order valence-electron chi connectivity index (χ4n) is 1.69. The van der Waals surface area contributed by atoms with Crippen LogP contribution in [0.4, 0.5) is 10.2 Å². The van der Waals surface area contributed by atoms with Gasteiger partial charge in [0.25, 0.3) is 0 Å². The van der Waals surface area contributed by atoms with E-state index in [1.807, 2.05) is 0 Å². The molecule has 0 radical (unpaired) electrons. The Bertz CT molecular complexity index is 543. The summed E-state index contributed by atoms with van der Waals surface area (Å²) < 4.78 is 12.8. The van der Waals surface area contributed by atoms with Gasteiger partial charge in [0.2, 0.25) is 0 Å². The molecule has 19 heavy (non-hydrogen) atoms. The van der Waals surface area contributed by atoms with Crippen LogP contribution >= 0.6 is 11.6 Å². The van der Waals surface area contributed by atoms with Crippen LogP contribution in [0.1, 0.15) is 24.7 Å². The van der Waals surface area contributed by atoms with Gasteiger partial charge in [0.15, 0.2) is 0 Å². The van der Waals surface area contributed by atoms with Gasteiger partial charge in [-0.15, -0.1) is 0 Å². The molecule has 2 rings (SSSR count). The van der Waals surface area contributed by atoms with E-state index < -0.39 is 0 Å². The monoisotopic (exact) mass is 279 g/mol. The highest BCUT2D eigenvalue weighted by Crippen LogP contribution is 2.14. The smallest absolute Gasteiger partial charge is 0.134 e. The Balaban J connectivity index is 2.04. The third-order valence-corrected chi connectivity index (χ3v) is 2.80. The molecule has 0 aliphatic rings. The fourth-order valence-corrected chi connectivity index (χ4v) is 1.89. The van der Waals surface area contributed by atoms with E-state index in [-0.39, 0.29) is 5.82 Å². The van der Waals surface area contributed by atoms with E-state index in [9.17, 15) is 4.39 Å². The molecule has 0 amide bonds. The Morgan fingerprint density at radius 1 is 1.21 bits per heavy atom. The first-order valence-electron chi connectivity index (χ1n) is 6.19. The van der Waals surface area contributed by atoms with Crippen LogP contribution in [0.15, 0.2) is 30.3 Å². The van der Waals surface area contributed by atoms with Crippen molar-refractivity contribution >= 4 is 17.4 Å². The van der Waals surface area contributed by atoms with Crippen molar-refractivity contribution < 1.29 is 4.39 Å². The first-order chi connectivity index (χ1) is 9.17. The molecule has 5 heteroatoms. The number of nitrogens with zero attached hydrogens (tertiary/aromatic N) is 2. The Morgan fingerprint density at radius 2 is 1.95 bits per heavy atom. The van der Waals surface area contributed by atoms with E-state index in [2.05, 4.69) is 22.2 Å². The maximum absolute atomic E-state index is 12.8. The lowest BCUT2D eigenvalue weighted by Crippen LogP contribution is -2.04. The molecule has 0 fully saturated rings. The normalized spacial score (nSPS) is 10.5. The van der Waals surface area contributed by atoms with E-state index in [4.69, 9.17) is 11.6 Å². The predicted octanol–water partition coefficient (Wildman–Crippen LogP) is 3.83. The molecule has 1 N–H and O–H groups in total. The van der Waals surface area contributed by atoms with E-state index in [0.717, 1.165) is 24.2 Å². The van der Waals surface area contributed by atoms with Gasteiger partial charge < -0.3 is 5.32 Å². The summed E-state index contributed by atoms with van der Waals surface area (Å²) in [6.45, 7) is 2.63. The molecular formula is C14H15ClFN3. The third-order valence-electron chi connectivity index (χ3n) is 2.60. The Morgan fingerprint density at radius 3 is 2.63 bits per heavy atom. The zero-order chi connectivity index (χ0) is 13.7. The van der Waals surface area contributed by atoms with Gasteiger partial charge in [-0.1, -0.05) is 30.7 Å². The molecule has 0 aliphatic heterocycles. The number of aromatic nitrogens is 2. The summed E-state index contributed by atoms with van der Waals surface area (Å²) in [7, 11) is 0. The molecule has 100 valence electrons. The number of benzene rings is 1. The number of hydrogen-bond acceptors (Lipinski definition) is 3. The summed E-state index contributed by atoms with van der Waals surface area (Å²) in [5, 5.41) is 3.59. The summed E-state index contributed by atoms with van der Waals surface area (Å²) in [4.78, 5) is 8.53. The van der Waals surface area contributed by atoms with Gasteiger partial charge >= 0.3 is 0 Å². The number of rotatable bonds is 5. The molecule has 1 aromatic heterocycles. The molecule has 3 nitrogen and oxygen atoms in total. The van der Waals surface area contributed by atoms with Crippen molar-refractivity contribution in [1.29, 1.82) is 0 Å². The van der Waals surface area contributed by atoms with Crippen LogP contribution < -0.4 is 5.32 Å². The van der Waals surface area contributed by atoms with Crippen molar-refractivity contribution in [3.05, 3.63) is 52.7 Å². The minimum Gasteiger partial charge on any atom is -0.366 e. The molecule has 0 saturated heterocycles. The molecule has 2 aromatic rings. The highest BCUT2D eigenvalue weighted by Gasteiger charge is 2.03. The second-order valence-electron chi connectivity index (χ2n) is 4.22. The molecule has 0 spiro atoms. The van der Waals surface area contributed by atoms with Crippen molar-refractivity contribution in [2.75, 3.05) is 5.32 Å². The molecule has 1 heterocycles. The minimum absolute atomic E-state index is 0.237. The molecule has 0 aliphatic carbocycles. The van der Waals surface area contributed by atoms with Crippen molar-refractivity contribution in [3.63, 3.8) is 0 Å². The molecular weight excluding hydrogens is 265 g/mol. The maximum atomic E-state index is 12.8. The lowest BCUT2D eigenvalue weighted by molar-refractivity contribution is 0.627. The van der Waals surface area contributed by atoms with Crippen LogP contribution in [0.25, 0.3) is 0 Å². The van der Waals surface area contributed by atoms with Gasteiger partial charge in [-0.3, -0.25) is 0 Å². The van der Waals surface area contributed by atoms with Gasteiger partial charge in [0.1, 0.15) is 22.6 Å². The summed E-state index contributed by atoms with van der Waals surface area (Å²) >= 11 is 5.95. The van der Waals surface area contributed by atoms with Gasteiger partial charge in [-0.2, -0.15) is 0 Å². The van der Waals surface area contributed by atoms with Crippen LogP contribution in [0, 0.1) is 5.82 Å². The Labute approximate surface area is 116 Å². The van der Waals surface area contributed by atoms with Crippen LogP contribution in [0.2, 0.25) is 5.15 Å². The van der Waals surface area contributed by atoms with E-state index in [0.29, 0.717) is 17.5 Å². The molecule has 0 bridgehead atoms. The Hall–Kier alpha value is -1.68. The lowest BCUT2D eigenvalue weighted by Gasteiger charge is -2.07. The summed E-state index contributed by atoms with van der Waals surface area (Å²) in [6.07, 6.45) is 1.77. The summed E-state index contributed by atoms with van der Waals surface area (Å²) in [5.41, 5.74) is 0.980. The van der Waals surface area contributed by atoms with E-state index in [1.165, 1.54) is 12.1 Å². The van der Waals surface area contributed by atoms with Crippen molar-refractivity contribution in [2.24, 2.45) is 0 Å². The molecule has 0 atom stereocenters. The zero-order valence-corrected chi connectivity index (χ0v) is 11.4. The predicted molar refractivity (Wildman–Crippen MR) is 74.8 cm³/mol. The number of hydrogen-bond donors (Lipinski definition) is 1. The van der Waals surface area contributed by atoms with Crippen LogP contribution in [0.3, 0.4) is 0 Å². The standard InChI is InChI=1S/C14H15ClFN3/c1-2-3-13-18-12(15)8-14(19-13)17-9-10-4-6-11(16)7-5-10/h4-8H,2-3,9H2,1H3,(H,17,18,19). The van der Waals surface area contributed by atoms with Gasteiger partial charge in [0.05, 0.1) is 0 Å². The quantitative estimate of drug-likeness (QED) is 0.845. The van der Waals surface area contributed by atoms with Crippen molar-refractivity contribution in [2.45, 2.75) is 26.3 Å². The first-order valence-corrected chi connectivity index (χ1v) is 6.57. The third kappa shape index (κ3) is 4.17. The van der Waals surface area contributed by atoms with Gasteiger partial charge in [0, 0.05) is 19.0 Å². The topological polar surface area (TPSA) is 37.8 Å².